The van der Waals surface area contributed by atoms with Crippen LogP contribution in [0.25, 0.3) is 0 Å². The molecule has 0 saturated carbocycles. The maximum absolute atomic E-state index is 12.4. The number of nitrogens with one attached hydrogen (secondary N) is 1. The predicted octanol–water partition coefficient (Wildman–Crippen LogP) is 2.97. The topological polar surface area (TPSA) is 91.7 Å². The second kappa shape index (κ2) is 9.83. The van der Waals surface area contributed by atoms with Crippen molar-refractivity contribution >= 4 is 29.2 Å². The van der Waals surface area contributed by atoms with E-state index in [1.165, 1.54) is 13.3 Å². The van der Waals surface area contributed by atoms with Crippen molar-refractivity contribution in [2.24, 2.45) is 5.92 Å². The van der Waals surface area contributed by atoms with Crippen molar-refractivity contribution in [1.82, 2.24) is 4.90 Å². The molecule has 27 heavy (non-hydrogen) atoms. The van der Waals surface area contributed by atoms with Crippen molar-refractivity contribution < 1.29 is 19.1 Å². The molecule has 1 aliphatic rings. The van der Waals surface area contributed by atoms with Gasteiger partial charge in [0, 0.05) is 25.0 Å². The number of piperidine rings is 1. The number of anilines is 1. The molecule has 1 aliphatic heterocycles. The SMILES string of the molecule is CCOC(=O)C1CCCN(/C=C(/C#N)C(=O)Nc2ccc(OC)c(Cl)c2)C1. The molecule has 1 unspecified atom stereocenters. The quantitative estimate of drug-likeness (QED) is 0.455. The highest BCUT2D eigenvalue weighted by atomic mass is 35.5. The van der Waals surface area contributed by atoms with Gasteiger partial charge in [-0.15, -0.1) is 0 Å². The molecule has 1 aromatic carbocycles. The number of likely N-dealkylation sites (tertiary alicyclic amines) is 1. The number of nitriles is 1. The fraction of sp³-hybridized carbons (Fsp3) is 0.421. The lowest BCUT2D eigenvalue weighted by Crippen LogP contribution is -2.37. The van der Waals surface area contributed by atoms with Crippen LogP contribution in [-0.2, 0) is 14.3 Å². The second-order valence-electron chi connectivity index (χ2n) is 6.04. The Hall–Kier alpha value is -2.72. The van der Waals surface area contributed by atoms with Crippen LogP contribution in [0, 0.1) is 17.2 Å². The molecule has 1 N–H and O–H groups in total. The molecule has 8 heteroatoms. The average molecular weight is 392 g/mol. The number of esters is 1. The van der Waals surface area contributed by atoms with Crippen LogP contribution in [0.2, 0.25) is 5.02 Å². The number of hydrogen-bond donors (Lipinski definition) is 1. The zero-order valence-corrected chi connectivity index (χ0v) is 16.1. The van der Waals surface area contributed by atoms with Gasteiger partial charge in [0.1, 0.15) is 17.4 Å². The van der Waals surface area contributed by atoms with Crippen LogP contribution in [0.5, 0.6) is 5.75 Å². The predicted molar refractivity (Wildman–Crippen MR) is 101 cm³/mol. The van der Waals surface area contributed by atoms with Crippen molar-refractivity contribution in [3.05, 3.63) is 35.0 Å². The minimum absolute atomic E-state index is 0.0496. The number of methoxy groups -OCH3 is 1. The molecule has 1 fully saturated rings. The standard InChI is InChI=1S/C19H22ClN3O4/c1-3-27-19(25)13-5-4-8-23(11-13)12-14(10-21)18(24)22-15-6-7-17(26-2)16(20)9-15/h6-7,9,12-13H,3-5,8,11H2,1-2H3,(H,22,24)/b14-12-. The molecule has 7 nitrogen and oxygen atoms in total. The number of carbonyl (C=O) groups excluding carboxylic acids is 2. The van der Waals surface area contributed by atoms with Gasteiger partial charge in [0.25, 0.3) is 5.91 Å². The summed E-state index contributed by atoms with van der Waals surface area (Å²) in [5.41, 5.74) is 0.404. The number of amides is 1. The molecule has 0 aromatic heterocycles. The van der Waals surface area contributed by atoms with E-state index in [2.05, 4.69) is 5.32 Å². The van der Waals surface area contributed by atoms with Crippen molar-refractivity contribution in [3.8, 4) is 11.8 Å². The van der Waals surface area contributed by atoms with Gasteiger partial charge in [-0.1, -0.05) is 11.6 Å². The summed E-state index contributed by atoms with van der Waals surface area (Å²) in [6.45, 7) is 3.19. The first-order valence-corrected chi connectivity index (χ1v) is 9.03. The first-order chi connectivity index (χ1) is 13.0. The maximum atomic E-state index is 12.4. The lowest BCUT2D eigenvalue weighted by Gasteiger charge is -2.30. The van der Waals surface area contributed by atoms with Crippen LogP contribution in [0.3, 0.4) is 0 Å². The molecule has 0 bridgehead atoms. The van der Waals surface area contributed by atoms with Crippen LogP contribution in [0.4, 0.5) is 5.69 Å². The number of ether oxygens (including phenoxy) is 2. The molecule has 2 rings (SSSR count). The maximum Gasteiger partial charge on any atom is 0.310 e. The van der Waals surface area contributed by atoms with Crippen LogP contribution in [-0.4, -0.2) is 43.6 Å². The van der Waals surface area contributed by atoms with E-state index < -0.39 is 5.91 Å². The highest BCUT2D eigenvalue weighted by Gasteiger charge is 2.26. The molecule has 1 amide bonds. The van der Waals surface area contributed by atoms with E-state index in [0.717, 1.165) is 12.8 Å². The van der Waals surface area contributed by atoms with Crippen LogP contribution < -0.4 is 10.1 Å². The van der Waals surface area contributed by atoms with Gasteiger partial charge in [-0.2, -0.15) is 5.26 Å². The van der Waals surface area contributed by atoms with Crippen LogP contribution >= 0.6 is 11.6 Å². The summed E-state index contributed by atoms with van der Waals surface area (Å²) in [7, 11) is 1.50. The number of carbonyl (C=O) groups is 2. The Morgan fingerprint density at radius 2 is 2.26 bits per heavy atom. The summed E-state index contributed by atoms with van der Waals surface area (Å²) < 4.78 is 10.1. The Morgan fingerprint density at radius 3 is 2.89 bits per heavy atom. The smallest absolute Gasteiger partial charge is 0.310 e. The molecule has 0 radical (unpaired) electrons. The van der Waals surface area contributed by atoms with Gasteiger partial charge in [0.2, 0.25) is 0 Å². The van der Waals surface area contributed by atoms with E-state index in [0.29, 0.717) is 36.2 Å². The minimum atomic E-state index is -0.544. The van der Waals surface area contributed by atoms with E-state index >= 15 is 0 Å². The molecular formula is C19H22ClN3O4. The summed E-state index contributed by atoms with van der Waals surface area (Å²) in [5, 5.41) is 12.4. The van der Waals surface area contributed by atoms with E-state index in [1.807, 2.05) is 11.0 Å². The van der Waals surface area contributed by atoms with Crippen molar-refractivity contribution in [3.63, 3.8) is 0 Å². The zero-order chi connectivity index (χ0) is 19.8. The van der Waals surface area contributed by atoms with Gasteiger partial charge in [-0.3, -0.25) is 9.59 Å². The van der Waals surface area contributed by atoms with E-state index in [4.69, 9.17) is 21.1 Å². The summed E-state index contributed by atoms with van der Waals surface area (Å²) in [6, 6.07) is 6.72. The van der Waals surface area contributed by atoms with Crippen molar-refractivity contribution in [2.45, 2.75) is 19.8 Å². The Bertz CT molecular complexity index is 773. The molecule has 1 heterocycles. The Balaban J connectivity index is 2.06. The highest BCUT2D eigenvalue weighted by molar-refractivity contribution is 6.32. The molecular weight excluding hydrogens is 370 g/mol. The number of nitrogens with zero attached hydrogens (tertiary/aromatic N) is 2. The average Bonchev–Trinajstić information content (AvgIpc) is 2.66. The molecule has 0 spiro atoms. The van der Waals surface area contributed by atoms with Gasteiger partial charge < -0.3 is 19.7 Å². The van der Waals surface area contributed by atoms with Gasteiger partial charge in [-0.05, 0) is 38.0 Å². The number of rotatable bonds is 6. The van der Waals surface area contributed by atoms with Crippen molar-refractivity contribution in [2.75, 3.05) is 32.1 Å². The third-order valence-corrected chi connectivity index (χ3v) is 4.45. The zero-order valence-electron chi connectivity index (χ0n) is 15.3. The van der Waals surface area contributed by atoms with E-state index in [9.17, 15) is 14.9 Å². The lowest BCUT2D eigenvalue weighted by atomic mass is 9.98. The first-order valence-electron chi connectivity index (χ1n) is 8.66. The lowest BCUT2D eigenvalue weighted by molar-refractivity contribution is -0.149. The molecule has 1 aromatic rings. The summed E-state index contributed by atoms with van der Waals surface area (Å²) >= 11 is 6.05. The Kier molecular flexibility index (Phi) is 7.50. The largest absolute Gasteiger partial charge is 0.495 e. The van der Waals surface area contributed by atoms with Gasteiger partial charge in [-0.25, -0.2) is 0 Å². The van der Waals surface area contributed by atoms with Crippen LogP contribution in [0.15, 0.2) is 30.0 Å². The molecule has 144 valence electrons. The Labute approximate surface area is 163 Å². The van der Waals surface area contributed by atoms with Gasteiger partial charge >= 0.3 is 5.97 Å². The third kappa shape index (κ3) is 5.63. The molecule has 1 saturated heterocycles. The van der Waals surface area contributed by atoms with E-state index in [1.54, 1.807) is 25.1 Å². The third-order valence-electron chi connectivity index (χ3n) is 4.16. The molecule has 0 aliphatic carbocycles. The fourth-order valence-electron chi connectivity index (χ4n) is 2.84. The van der Waals surface area contributed by atoms with Crippen molar-refractivity contribution in [1.29, 1.82) is 5.26 Å². The fourth-order valence-corrected chi connectivity index (χ4v) is 3.10. The first kappa shape index (κ1) is 20.6. The monoisotopic (exact) mass is 391 g/mol. The summed E-state index contributed by atoms with van der Waals surface area (Å²) in [5.74, 6) is -0.550. The van der Waals surface area contributed by atoms with E-state index in [-0.39, 0.29) is 17.5 Å². The summed E-state index contributed by atoms with van der Waals surface area (Å²) in [4.78, 5) is 26.1. The summed E-state index contributed by atoms with van der Waals surface area (Å²) in [6.07, 6.45) is 3.02. The number of halogens is 1. The number of benzene rings is 1. The molecule has 1 atom stereocenters. The second-order valence-corrected chi connectivity index (χ2v) is 6.45. The van der Waals surface area contributed by atoms with Gasteiger partial charge in [0.05, 0.1) is 24.7 Å². The Morgan fingerprint density at radius 1 is 1.48 bits per heavy atom. The highest BCUT2D eigenvalue weighted by Crippen LogP contribution is 2.27. The normalized spacial score (nSPS) is 17.0. The number of hydrogen-bond acceptors (Lipinski definition) is 6. The minimum Gasteiger partial charge on any atom is -0.495 e. The van der Waals surface area contributed by atoms with Gasteiger partial charge in [0.15, 0.2) is 0 Å². The van der Waals surface area contributed by atoms with Crippen LogP contribution in [0.1, 0.15) is 19.8 Å².